The van der Waals surface area contributed by atoms with E-state index in [1.807, 2.05) is 19.1 Å². The third-order valence-electron chi connectivity index (χ3n) is 2.16. The minimum absolute atomic E-state index is 0.508. The van der Waals surface area contributed by atoms with Crippen molar-refractivity contribution in [3.8, 4) is 11.5 Å². The van der Waals surface area contributed by atoms with Gasteiger partial charge in [-0.1, -0.05) is 28.1 Å². The van der Waals surface area contributed by atoms with E-state index in [4.69, 9.17) is 14.2 Å². The molecule has 0 saturated carbocycles. The van der Waals surface area contributed by atoms with Crippen molar-refractivity contribution in [2.45, 2.75) is 13.5 Å². The number of ether oxygens (including phenoxy) is 3. The predicted molar refractivity (Wildman–Crippen MR) is 71.7 cm³/mol. The van der Waals surface area contributed by atoms with Gasteiger partial charge in [0.25, 0.3) is 0 Å². The molecule has 4 heteroatoms. The Bertz CT molecular complexity index is 402. The van der Waals surface area contributed by atoms with Gasteiger partial charge in [0.1, 0.15) is 0 Å². The molecule has 1 rings (SSSR count). The molecule has 0 heterocycles. The van der Waals surface area contributed by atoms with E-state index < -0.39 is 0 Å². The van der Waals surface area contributed by atoms with E-state index in [1.165, 1.54) is 0 Å². The Labute approximate surface area is 111 Å². The lowest BCUT2D eigenvalue weighted by Crippen LogP contribution is -1.99. The first-order valence-electron chi connectivity index (χ1n) is 5.21. The summed E-state index contributed by atoms with van der Waals surface area (Å²) in [5.74, 6) is 1.40. The van der Waals surface area contributed by atoms with Gasteiger partial charge in [0.15, 0.2) is 11.5 Å². The fraction of sp³-hybridized carbons (Fsp3) is 0.385. The molecule has 0 radical (unpaired) electrons. The van der Waals surface area contributed by atoms with Gasteiger partial charge in [0, 0.05) is 4.47 Å². The quantitative estimate of drug-likeness (QED) is 0.752. The second-order valence-corrected chi connectivity index (χ2v) is 4.60. The highest BCUT2D eigenvalue weighted by Crippen LogP contribution is 2.33. The molecule has 0 aliphatic carbocycles. The lowest BCUT2D eigenvalue weighted by Gasteiger charge is -2.12. The van der Waals surface area contributed by atoms with Crippen LogP contribution in [0.4, 0.5) is 0 Å². The van der Waals surface area contributed by atoms with E-state index in [1.54, 1.807) is 14.2 Å². The molecule has 0 saturated heterocycles. The molecule has 0 atom stereocenters. The molecule has 0 spiro atoms. The summed E-state index contributed by atoms with van der Waals surface area (Å²) in [4.78, 5) is 0. The SMILES string of the molecule is C=C(C)COCc1cc(OC)c(OC)cc1Br. The molecule has 0 aromatic heterocycles. The molecule has 1 aromatic rings. The van der Waals surface area contributed by atoms with Crippen LogP contribution >= 0.6 is 15.9 Å². The highest BCUT2D eigenvalue weighted by molar-refractivity contribution is 9.10. The molecule has 1 aromatic carbocycles. The predicted octanol–water partition coefficient (Wildman–Crippen LogP) is 3.56. The zero-order chi connectivity index (χ0) is 12.8. The second kappa shape index (κ2) is 6.67. The summed E-state index contributed by atoms with van der Waals surface area (Å²) >= 11 is 3.48. The molecule has 0 aliphatic heterocycles. The average molecular weight is 301 g/mol. The number of hydrogen-bond donors (Lipinski definition) is 0. The summed E-state index contributed by atoms with van der Waals surface area (Å²) in [7, 11) is 3.23. The van der Waals surface area contributed by atoms with Crippen LogP contribution in [0.2, 0.25) is 0 Å². The number of hydrogen-bond acceptors (Lipinski definition) is 3. The van der Waals surface area contributed by atoms with Crippen LogP contribution < -0.4 is 9.47 Å². The first-order chi connectivity index (χ1) is 8.08. The largest absolute Gasteiger partial charge is 0.493 e. The molecule has 0 amide bonds. The Kier molecular flexibility index (Phi) is 5.51. The monoisotopic (exact) mass is 300 g/mol. The Hall–Kier alpha value is -1.00. The van der Waals surface area contributed by atoms with Gasteiger partial charge in [-0.05, 0) is 24.6 Å². The van der Waals surface area contributed by atoms with Gasteiger partial charge in [-0.2, -0.15) is 0 Å². The van der Waals surface area contributed by atoms with Crippen molar-refractivity contribution in [1.82, 2.24) is 0 Å². The molecule has 17 heavy (non-hydrogen) atoms. The van der Waals surface area contributed by atoms with Gasteiger partial charge in [0.2, 0.25) is 0 Å². The maximum absolute atomic E-state index is 5.51. The summed E-state index contributed by atoms with van der Waals surface area (Å²) in [5, 5.41) is 0. The van der Waals surface area contributed by atoms with Gasteiger partial charge in [-0.15, -0.1) is 0 Å². The number of rotatable bonds is 6. The minimum atomic E-state index is 0.508. The van der Waals surface area contributed by atoms with Crippen molar-refractivity contribution in [3.63, 3.8) is 0 Å². The van der Waals surface area contributed by atoms with Crippen LogP contribution in [-0.4, -0.2) is 20.8 Å². The van der Waals surface area contributed by atoms with Gasteiger partial charge < -0.3 is 14.2 Å². The highest BCUT2D eigenvalue weighted by Gasteiger charge is 2.09. The molecule has 94 valence electrons. The van der Waals surface area contributed by atoms with Crippen molar-refractivity contribution in [1.29, 1.82) is 0 Å². The fourth-order valence-electron chi connectivity index (χ4n) is 1.34. The first kappa shape index (κ1) is 14.1. The molecule has 0 aliphatic rings. The molecule has 0 fully saturated rings. The molecular weight excluding hydrogens is 284 g/mol. The topological polar surface area (TPSA) is 27.7 Å². The number of benzene rings is 1. The lowest BCUT2D eigenvalue weighted by molar-refractivity contribution is 0.142. The fourth-order valence-corrected chi connectivity index (χ4v) is 1.78. The van der Waals surface area contributed by atoms with Crippen molar-refractivity contribution >= 4 is 15.9 Å². The first-order valence-corrected chi connectivity index (χ1v) is 6.00. The van der Waals surface area contributed by atoms with E-state index in [0.29, 0.717) is 24.7 Å². The zero-order valence-electron chi connectivity index (χ0n) is 10.4. The third kappa shape index (κ3) is 4.06. The van der Waals surface area contributed by atoms with E-state index in [0.717, 1.165) is 15.6 Å². The molecule has 0 unspecified atom stereocenters. The standard InChI is InChI=1S/C13H17BrO3/c1-9(2)7-17-8-10-5-12(15-3)13(16-4)6-11(10)14/h5-6H,1,7-8H2,2-4H3. The Morgan fingerprint density at radius 3 is 2.35 bits per heavy atom. The van der Waals surface area contributed by atoms with Crippen molar-refractivity contribution in [2.24, 2.45) is 0 Å². The maximum Gasteiger partial charge on any atom is 0.161 e. The minimum Gasteiger partial charge on any atom is -0.493 e. The van der Waals surface area contributed by atoms with E-state index in [9.17, 15) is 0 Å². The van der Waals surface area contributed by atoms with Gasteiger partial charge in [-0.25, -0.2) is 0 Å². The smallest absolute Gasteiger partial charge is 0.161 e. The van der Waals surface area contributed by atoms with Crippen LogP contribution in [-0.2, 0) is 11.3 Å². The maximum atomic E-state index is 5.51. The molecule has 0 bridgehead atoms. The van der Waals surface area contributed by atoms with Crippen LogP contribution in [0.3, 0.4) is 0 Å². The average Bonchev–Trinajstić information content (AvgIpc) is 2.30. The van der Waals surface area contributed by atoms with Crippen LogP contribution in [0.15, 0.2) is 28.8 Å². The number of halogens is 1. The van der Waals surface area contributed by atoms with E-state index in [-0.39, 0.29) is 0 Å². The summed E-state index contributed by atoms with van der Waals surface area (Å²) in [6.45, 7) is 6.79. The zero-order valence-corrected chi connectivity index (χ0v) is 12.0. The van der Waals surface area contributed by atoms with Crippen molar-refractivity contribution in [2.75, 3.05) is 20.8 Å². The summed E-state index contributed by atoms with van der Waals surface area (Å²) in [6, 6.07) is 3.78. The Morgan fingerprint density at radius 2 is 1.82 bits per heavy atom. The second-order valence-electron chi connectivity index (χ2n) is 3.75. The summed E-state index contributed by atoms with van der Waals surface area (Å²) in [6.07, 6.45) is 0. The van der Waals surface area contributed by atoms with Crippen LogP contribution in [0.25, 0.3) is 0 Å². The van der Waals surface area contributed by atoms with Crippen molar-refractivity contribution in [3.05, 3.63) is 34.3 Å². The van der Waals surface area contributed by atoms with Crippen LogP contribution in [0.5, 0.6) is 11.5 Å². The Morgan fingerprint density at radius 1 is 1.24 bits per heavy atom. The van der Waals surface area contributed by atoms with Crippen LogP contribution in [0, 0.1) is 0 Å². The van der Waals surface area contributed by atoms with Gasteiger partial charge in [-0.3, -0.25) is 0 Å². The third-order valence-corrected chi connectivity index (χ3v) is 2.90. The van der Waals surface area contributed by atoms with E-state index in [2.05, 4.69) is 22.5 Å². The highest BCUT2D eigenvalue weighted by atomic mass is 79.9. The summed E-state index contributed by atoms with van der Waals surface area (Å²) in [5.41, 5.74) is 2.02. The molecule has 3 nitrogen and oxygen atoms in total. The van der Waals surface area contributed by atoms with Gasteiger partial charge >= 0.3 is 0 Å². The van der Waals surface area contributed by atoms with Crippen LogP contribution in [0.1, 0.15) is 12.5 Å². The lowest BCUT2D eigenvalue weighted by atomic mass is 10.2. The van der Waals surface area contributed by atoms with Gasteiger partial charge in [0.05, 0.1) is 27.4 Å². The summed E-state index contributed by atoms with van der Waals surface area (Å²) < 4.78 is 16.9. The molecular formula is C13H17BrO3. The number of methoxy groups -OCH3 is 2. The van der Waals surface area contributed by atoms with E-state index >= 15 is 0 Å². The normalized spacial score (nSPS) is 10.1. The van der Waals surface area contributed by atoms with Crippen molar-refractivity contribution < 1.29 is 14.2 Å². The Balaban J connectivity index is 2.81. The molecule has 0 N–H and O–H groups in total.